The largest absolute Gasteiger partial charge is 0.503 e. The van der Waals surface area contributed by atoms with E-state index in [1.165, 1.54) is 23.1 Å². The van der Waals surface area contributed by atoms with Crippen LogP contribution >= 0.6 is 0 Å². The van der Waals surface area contributed by atoms with Crippen LogP contribution in [0.15, 0.2) is 101 Å². The van der Waals surface area contributed by atoms with E-state index in [-0.39, 0.29) is 23.6 Å². The lowest BCUT2D eigenvalue weighted by atomic mass is 9.94. The SMILES string of the molecule is O=C(C1=C(O)C(=O)N(CCc2ccccc2)C1c1cccc([N+](=O)[O-])c1)c1cc2ccccc2o1. The highest BCUT2D eigenvalue weighted by Gasteiger charge is 2.44. The first-order chi connectivity index (χ1) is 16.9. The van der Waals surface area contributed by atoms with E-state index in [1.807, 2.05) is 30.3 Å². The molecule has 3 aromatic carbocycles. The van der Waals surface area contributed by atoms with Crippen molar-refractivity contribution in [2.24, 2.45) is 0 Å². The maximum atomic E-state index is 13.6. The highest BCUT2D eigenvalue weighted by atomic mass is 16.6. The van der Waals surface area contributed by atoms with Crippen molar-refractivity contribution >= 4 is 28.3 Å². The topological polar surface area (TPSA) is 114 Å². The summed E-state index contributed by atoms with van der Waals surface area (Å²) in [5.74, 6) is -2.07. The van der Waals surface area contributed by atoms with Crippen molar-refractivity contribution in [2.75, 3.05) is 6.54 Å². The van der Waals surface area contributed by atoms with Crippen molar-refractivity contribution in [3.63, 3.8) is 0 Å². The number of non-ortho nitro benzene ring substituents is 1. The van der Waals surface area contributed by atoms with E-state index in [2.05, 4.69) is 0 Å². The fourth-order valence-corrected chi connectivity index (χ4v) is 4.39. The number of benzene rings is 3. The molecule has 0 saturated heterocycles. The minimum Gasteiger partial charge on any atom is -0.503 e. The quantitative estimate of drug-likeness (QED) is 0.228. The number of hydrogen-bond donors (Lipinski definition) is 1. The van der Waals surface area contributed by atoms with Gasteiger partial charge in [0.25, 0.3) is 11.6 Å². The molecule has 1 aromatic heterocycles. The van der Waals surface area contributed by atoms with E-state index < -0.39 is 28.4 Å². The molecule has 1 amide bonds. The van der Waals surface area contributed by atoms with Crippen LogP contribution in [0.4, 0.5) is 5.69 Å². The monoisotopic (exact) mass is 468 g/mol. The molecule has 8 nitrogen and oxygen atoms in total. The number of hydrogen-bond acceptors (Lipinski definition) is 6. The summed E-state index contributed by atoms with van der Waals surface area (Å²) in [6.07, 6.45) is 0.470. The molecule has 0 bridgehead atoms. The first kappa shape index (κ1) is 22.1. The third-order valence-electron chi connectivity index (χ3n) is 6.08. The second-order valence-electron chi connectivity index (χ2n) is 8.23. The molecule has 35 heavy (non-hydrogen) atoms. The first-order valence-corrected chi connectivity index (χ1v) is 11.0. The van der Waals surface area contributed by atoms with E-state index in [1.54, 1.807) is 36.4 Å². The lowest BCUT2D eigenvalue weighted by molar-refractivity contribution is -0.384. The summed E-state index contributed by atoms with van der Waals surface area (Å²) in [6.45, 7) is 0.192. The van der Waals surface area contributed by atoms with Crippen molar-refractivity contribution < 1.29 is 24.0 Å². The molecule has 1 unspecified atom stereocenters. The lowest BCUT2D eigenvalue weighted by Crippen LogP contribution is -2.33. The minimum atomic E-state index is -1.01. The summed E-state index contributed by atoms with van der Waals surface area (Å²) in [7, 11) is 0. The Morgan fingerprint density at radius 3 is 2.49 bits per heavy atom. The van der Waals surface area contributed by atoms with Crippen molar-refractivity contribution in [2.45, 2.75) is 12.5 Å². The molecule has 1 N–H and O–H groups in total. The molecule has 2 heterocycles. The van der Waals surface area contributed by atoms with Crippen LogP contribution in [0.25, 0.3) is 11.0 Å². The van der Waals surface area contributed by atoms with Gasteiger partial charge in [0.1, 0.15) is 5.58 Å². The third-order valence-corrected chi connectivity index (χ3v) is 6.08. The second kappa shape index (κ2) is 8.90. The van der Waals surface area contributed by atoms with Gasteiger partial charge < -0.3 is 14.4 Å². The van der Waals surface area contributed by atoms with Gasteiger partial charge in [0.05, 0.1) is 16.5 Å². The van der Waals surface area contributed by atoms with Crippen molar-refractivity contribution in [1.82, 2.24) is 4.90 Å². The summed E-state index contributed by atoms with van der Waals surface area (Å²) in [4.78, 5) is 39.0. The maximum absolute atomic E-state index is 13.6. The van der Waals surface area contributed by atoms with Gasteiger partial charge in [-0.2, -0.15) is 0 Å². The number of aliphatic hydroxyl groups excluding tert-OH is 1. The Labute approximate surface area is 199 Å². The Morgan fingerprint density at radius 2 is 1.74 bits per heavy atom. The molecule has 0 spiro atoms. The van der Waals surface area contributed by atoms with Gasteiger partial charge in [0.15, 0.2) is 11.5 Å². The number of ketones is 1. The van der Waals surface area contributed by atoms with Gasteiger partial charge in [-0.15, -0.1) is 0 Å². The molecule has 1 atom stereocenters. The van der Waals surface area contributed by atoms with Gasteiger partial charge in [-0.05, 0) is 29.7 Å². The standard InChI is InChI=1S/C27H20N2O6/c30-25(22-16-18-9-4-5-12-21(18)35-22)23-24(19-10-6-11-20(15-19)29(33)34)28(27(32)26(23)31)14-13-17-7-2-1-3-8-17/h1-12,15-16,24,31H,13-14H2. The van der Waals surface area contributed by atoms with Crippen LogP contribution < -0.4 is 0 Å². The van der Waals surface area contributed by atoms with E-state index >= 15 is 0 Å². The number of nitrogens with zero attached hydrogens (tertiary/aromatic N) is 2. The number of fused-ring (bicyclic) bond motifs is 1. The summed E-state index contributed by atoms with van der Waals surface area (Å²) >= 11 is 0. The molecule has 1 aliphatic rings. The summed E-state index contributed by atoms with van der Waals surface area (Å²) in [6, 6.07) is 22.8. The summed E-state index contributed by atoms with van der Waals surface area (Å²) in [5.41, 5.74) is 1.47. The predicted octanol–water partition coefficient (Wildman–Crippen LogP) is 5.16. The fourth-order valence-electron chi connectivity index (χ4n) is 4.39. The predicted molar refractivity (Wildman–Crippen MR) is 128 cm³/mol. The number of para-hydroxylation sites is 1. The molecule has 0 saturated carbocycles. The van der Waals surface area contributed by atoms with E-state index in [0.29, 0.717) is 23.0 Å². The van der Waals surface area contributed by atoms with E-state index in [9.17, 15) is 24.8 Å². The van der Waals surface area contributed by atoms with Crippen molar-refractivity contribution in [3.8, 4) is 0 Å². The Hall–Kier alpha value is -4.72. The number of furan rings is 1. The Morgan fingerprint density at radius 1 is 1.00 bits per heavy atom. The van der Waals surface area contributed by atoms with Crippen LogP contribution in [-0.4, -0.2) is 33.2 Å². The Bertz CT molecular complexity index is 1450. The first-order valence-electron chi connectivity index (χ1n) is 11.0. The van der Waals surface area contributed by atoms with Gasteiger partial charge >= 0.3 is 0 Å². The molecule has 5 rings (SSSR count). The number of carbonyl (C=O) groups excluding carboxylic acids is 2. The van der Waals surface area contributed by atoms with Crippen LogP contribution in [0.1, 0.15) is 27.7 Å². The molecule has 0 radical (unpaired) electrons. The number of Topliss-reactive ketones (excluding diaryl/α,β-unsaturated/α-hetero) is 1. The Balaban J connectivity index is 1.57. The molecular weight excluding hydrogens is 448 g/mol. The molecule has 4 aromatic rings. The molecule has 0 aliphatic carbocycles. The zero-order valence-corrected chi connectivity index (χ0v) is 18.5. The lowest BCUT2D eigenvalue weighted by Gasteiger charge is -2.26. The average Bonchev–Trinajstić information content (AvgIpc) is 3.42. The number of nitro benzene ring substituents is 1. The highest BCUT2D eigenvalue weighted by Crippen LogP contribution is 2.40. The fraction of sp³-hybridized carbons (Fsp3) is 0.111. The van der Waals surface area contributed by atoms with Gasteiger partial charge in [-0.25, -0.2) is 0 Å². The molecular formula is C27H20N2O6. The van der Waals surface area contributed by atoms with Gasteiger partial charge in [0.2, 0.25) is 5.78 Å². The van der Waals surface area contributed by atoms with E-state index in [0.717, 1.165) is 5.56 Å². The van der Waals surface area contributed by atoms with Crippen molar-refractivity contribution in [3.05, 3.63) is 123 Å². The maximum Gasteiger partial charge on any atom is 0.290 e. The number of carbonyl (C=O) groups is 2. The minimum absolute atomic E-state index is 0.0270. The van der Waals surface area contributed by atoms with Crippen LogP contribution in [0.3, 0.4) is 0 Å². The van der Waals surface area contributed by atoms with Gasteiger partial charge in [0, 0.05) is 24.1 Å². The average molecular weight is 468 g/mol. The van der Waals surface area contributed by atoms with Gasteiger partial charge in [-0.1, -0.05) is 60.7 Å². The molecule has 8 heteroatoms. The normalized spacial score (nSPS) is 15.7. The van der Waals surface area contributed by atoms with Crippen LogP contribution in [0.2, 0.25) is 0 Å². The molecule has 0 fully saturated rings. The van der Waals surface area contributed by atoms with Crippen LogP contribution in [0, 0.1) is 10.1 Å². The highest BCUT2D eigenvalue weighted by molar-refractivity contribution is 6.16. The van der Waals surface area contributed by atoms with Crippen LogP contribution in [-0.2, 0) is 11.2 Å². The van der Waals surface area contributed by atoms with E-state index in [4.69, 9.17) is 4.42 Å². The molecule has 174 valence electrons. The number of nitro groups is 1. The second-order valence-corrected chi connectivity index (χ2v) is 8.23. The smallest absolute Gasteiger partial charge is 0.290 e. The third kappa shape index (κ3) is 4.06. The number of rotatable bonds is 7. The van der Waals surface area contributed by atoms with Crippen molar-refractivity contribution in [1.29, 1.82) is 0 Å². The number of amides is 1. The number of aliphatic hydroxyl groups is 1. The van der Waals surface area contributed by atoms with Crippen LogP contribution in [0.5, 0.6) is 0 Å². The summed E-state index contributed by atoms with van der Waals surface area (Å²) in [5, 5.41) is 22.9. The molecule has 1 aliphatic heterocycles. The Kier molecular flexibility index (Phi) is 5.62. The zero-order chi connectivity index (χ0) is 24.5. The zero-order valence-electron chi connectivity index (χ0n) is 18.5. The van der Waals surface area contributed by atoms with Gasteiger partial charge in [-0.3, -0.25) is 19.7 Å². The summed E-state index contributed by atoms with van der Waals surface area (Å²) < 4.78 is 5.70.